The average Bonchev–Trinajstić information content (AvgIpc) is 3.20. The molecular weight excluding hydrogens is 418 g/mol. The number of benzene rings is 2. The number of nitrogens with zero attached hydrogens (tertiary/aromatic N) is 2. The zero-order chi connectivity index (χ0) is 23.2. The molecular formula is C26H31N3O4. The van der Waals surface area contributed by atoms with Gasteiger partial charge in [0.1, 0.15) is 23.9 Å². The number of hydrogen-bond donors (Lipinski definition) is 1. The van der Waals surface area contributed by atoms with Gasteiger partial charge in [-0.05, 0) is 61.1 Å². The molecule has 0 unspecified atom stereocenters. The molecule has 0 aromatic heterocycles. The van der Waals surface area contributed by atoms with Crippen molar-refractivity contribution in [1.82, 2.24) is 4.90 Å². The second-order valence-corrected chi connectivity index (χ2v) is 10.3. The second-order valence-electron chi connectivity index (χ2n) is 10.3. The first kappa shape index (κ1) is 21.6. The lowest BCUT2D eigenvalue weighted by Gasteiger charge is -2.34. The van der Waals surface area contributed by atoms with Crippen LogP contribution in [0.1, 0.15) is 61.5 Å². The standard InChI is InChI=1S/C26H31N3O4/c1-25(2,3)15-31-18-8-10-22-20(14-18)26(16-32-24(27)28-26)19-13-17(7-9-21(19)33-22)23(30)29-11-5-4-6-12-29/h7-10,13-14H,4-6,11-12,15-16H2,1-3H3,(H2,27,28)/t26-/m0/s1. The number of aliphatic imine (C=N–C) groups is 1. The van der Waals surface area contributed by atoms with Crippen LogP contribution in [0.3, 0.4) is 0 Å². The Morgan fingerprint density at radius 3 is 2.45 bits per heavy atom. The zero-order valence-corrected chi connectivity index (χ0v) is 19.5. The van der Waals surface area contributed by atoms with Crippen LogP contribution in [-0.2, 0) is 10.3 Å². The topological polar surface area (TPSA) is 86.4 Å². The molecule has 1 saturated heterocycles. The monoisotopic (exact) mass is 449 g/mol. The van der Waals surface area contributed by atoms with Gasteiger partial charge in [-0.1, -0.05) is 20.8 Å². The highest BCUT2D eigenvalue weighted by Crippen LogP contribution is 2.52. The minimum Gasteiger partial charge on any atom is -0.493 e. The smallest absolute Gasteiger partial charge is 0.283 e. The van der Waals surface area contributed by atoms with Crippen LogP contribution in [0.5, 0.6) is 17.2 Å². The largest absolute Gasteiger partial charge is 0.493 e. The van der Waals surface area contributed by atoms with Crippen LogP contribution < -0.4 is 15.2 Å². The van der Waals surface area contributed by atoms with Gasteiger partial charge >= 0.3 is 0 Å². The second kappa shape index (κ2) is 7.97. The summed E-state index contributed by atoms with van der Waals surface area (Å²) < 4.78 is 18.0. The van der Waals surface area contributed by atoms with Gasteiger partial charge in [-0.3, -0.25) is 4.79 Å². The summed E-state index contributed by atoms with van der Waals surface area (Å²) in [7, 11) is 0. The van der Waals surface area contributed by atoms with Crippen molar-refractivity contribution >= 4 is 11.9 Å². The Kier molecular flexibility index (Phi) is 5.22. The van der Waals surface area contributed by atoms with E-state index in [0.717, 1.165) is 42.8 Å². The minimum atomic E-state index is -0.883. The summed E-state index contributed by atoms with van der Waals surface area (Å²) in [6.45, 7) is 8.79. The van der Waals surface area contributed by atoms with E-state index in [2.05, 4.69) is 20.8 Å². The Hall–Kier alpha value is -3.22. The normalized spacial score (nSPS) is 21.5. The van der Waals surface area contributed by atoms with Gasteiger partial charge in [0.15, 0.2) is 5.54 Å². The van der Waals surface area contributed by atoms with Crippen LogP contribution in [0.25, 0.3) is 0 Å². The fourth-order valence-corrected chi connectivity index (χ4v) is 4.64. The Morgan fingerprint density at radius 1 is 1.09 bits per heavy atom. The Balaban J connectivity index is 1.55. The molecule has 33 heavy (non-hydrogen) atoms. The van der Waals surface area contributed by atoms with E-state index in [1.807, 2.05) is 41.3 Å². The Bertz CT molecular complexity index is 1120. The predicted molar refractivity (Wildman–Crippen MR) is 126 cm³/mol. The summed E-state index contributed by atoms with van der Waals surface area (Å²) in [5, 5.41) is 0. The average molecular weight is 450 g/mol. The first-order chi connectivity index (χ1) is 15.7. The highest BCUT2D eigenvalue weighted by molar-refractivity contribution is 5.95. The molecule has 5 rings (SSSR count). The molecule has 3 aliphatic rings. The Labute approximate surface area is 194 Å². The van der Waals surface area contributed by atoms with Gasteiger partial charge in [0.05, 0.1) is 6.61 Å². The molecule has 0 aliphatic carbocycles. The summed E-state index contributed by atoms with van der Waals surface area (Å²) in [5.41, 5.74) is 7.38. The van der Waals surface area contributed by atoms with Gasteiger partial charge in [-0.15, -0.1) is 0 Å². The number of carbonyl (C=O) groups excluding carboxylic acids is 1. The van der Waals surface area contributed by atoms with E-state index in [-0.39, 0.29) is 24.0 Å². The fourth-order valence-electron chi connectivity index (χ4n) is 4.64. The van der Waals surface area contributed by atoms with Crippen molar-refractivity contribution in [2.24, 2.45) is 16.1 Å². The fraction of sp³-hybridized carbons (Fsp3) is 0.462. The third-order valence-corrected chi connectivity index (χ3v) is 6.33. The molecule has 2 N–H and O–H groups in total. The number of fused-ring (bicyclic) bond motifs is 4. The molecule has 1 spiro atoms. The predicted octanol–water partition coefficient (Wildman–Crippen LogP) is 4.43. The summed E-state index contributed by atoms with van der Waals surface area (Å²) in [6.07, 6.45) is 3.26. The highest BCUT2D eigenvalue weighted by atomic mass is 16.5. The maximum atomic E-state index is 13.2. The molecule has 2 aromatic carbocycles. The van der Waals surface area contributed by atoms with Gasteiger partial charge in [0, 0.05) is 29.8 Å². The summed E-state index contributed by atoms with van der Waals surface area (Å²) in [5.74, 6) is 2.11. The number of ether oxygens (including phenoxy) is 3. The van der Waals surface area contributed by atoms with E-state index in [0.29, 0.717) is 23.7 Å². The number of amides is 1. The maximum Gasteiger partial charge on any atom is 0.283 e. The summed E-state index contributed by atoms with van der Waals surface area (Å²) >= 11 is 0. The Morgan fingerprint density at radius 2 is 1.79 bits per heavy atom. The van der Waals surface area contributed by atoms with Crippen molar-refractivity contribution in [3.05, 3.63) is 53.1 Å². The molecule has 0 saturated carbocycles. The van der Waals surface area contributed by atoms with Crippen molar-refractivity contribution in [2.75, 3.05) is 26.3 Å². The van der Waals surface area contributed by atoms with Gasteiger partial charge < -0.3 is 24.8 Å². The molecule has 3 aliphatic heterocycles. The van der Waals surface area contributed by atoms with Gasteiger partial charge in [-0.25, -0.2) is 4.99 Å². The van der Waals surface area contributed by atoms with Gasteiger partial charge in [0.2, 0.25) is 0 Å². The van der Waals surface area contributed by atoms with E-state index in [4.69, 9.17) is 24.9 Å². The number of amidine groups is 1. The van der Waals surface area contributed by atoms with Crippen molar-refractivity contribution in [3.8, 4) is 17.2 Å². The van der Waals surface area contributed by atoms with Crippen LogP contribution in [0, 0.1) is 5.41 Å². The third-order valence-electron chi connectivity index (χ3n) is 6.33. The first-order valence-corrected chi connectivity index (χ1v) is 11.6. The number of piperidine rings is 1. The van der Waals surface area contributed by atoms with Crippen LogP contribution in [0.2, 0.25) is 0 Å². The number of carbonyl (C=O) groups is 1. The molecule has 2 aromatic rings. The molecule has 7 nitrogen and oxygen atoms in total. The number of likely N-dealkylation sites (tertiary alicyclic amines) is 1. The first-order valence-electron chi connectivity index (χ1n) is 11.6. The number of nitrogens with two attached hydrogens (primary N) is 1. The molecule has 1 fully saturated rings. The molecule has 1 atom stereocenters. The maximum absolute atomic E-state index is 13.2. The van der Waals surface area contributed by atoms with Crippen LogP contribution >= 0.6 is 0 Å². The van der Waals surface area contributed by atoms with Crippen molar-refractivity contribution in [1.29, 1.82) is 0 Å². The summed E-state index contributed by atoms with van der Waals surface area (Å²) in [6, 6.07) is 11.5. The minimum absolute atomic E-state index is 0.0272. The third kappa shape index (κ3) is 4.01. The van der Waals surface area contributed by atoms with E-state index in [1.54, 1.807) is 0 Å². The molecule has 1 amide bonds. The lowest BCUT2D eigenvalue weighted by molar-refractivity contribution is 0.0724. The lowest BCUT2D eigenvalue weighted by atomic mass is 9.80. The number of hydrogen-bond acceptors (Lipinski definition) is 6. The molecule has 174 valence electrons. The van der Waals surface area contributed by atoms with Crippen LogP contribution in [0.4, 0.5) is 0 Å². The van der Waals surface area contributed by atoms with Gasteiger partial charge in [-0.2, -0.15) is 0 Å². The van der Waals surface area contributed by atoms with E-state index in [9.17, 15) is 4.79 Å². The molecule has 7 heteroatoms. The summed E-state index contributed by atoms with van der Waals surface area (Å²) in [4.78, 5) is 19.9. The van der Waals surface area contributed by atoms with Crippen LogP contribution in [-0.4, -0.2) is 43.1 Å². The van der Waals surface area contributed by atoms with Crippen LogP contribution in [0.15, 0.2) is 41.4 Å². The number of rotatable bonds is 3. The van der Waals surface area contributed by atoms with Crippen molar-refractivity contribution < 1.29 is 19.0 Å². The van der Waals surface area contributed by atoms with E-state index >= 15 is 0 Å². The molecule has 0 radical (unpaired) electrons. The highest BCUT2D eigenvalue weighted by Gasteiger charge is 2.47. The SMILES string of the molecule is CC(C)(C)COc1ccc2c(c1)[C@]1(COC(N)=N1)c1cc(C(=O)N3CCCCC3)ccc1O2. The molecule has 3 heterocycles. The quantitative estimate of drug-likeness (QED) is 0.749. The lowest BCUT2D eigenvalue weighted by Crippen LogP contribution is -2.36. The van der Waals surface area contributed by atoms with Crippen molar-refractivity contribution in [3.63, 3.8) is 0 Å². The van der Waals surface area contributed by atoms with E-state index in [1.165, 1.54) is 6.42 Å². The van der Waals surface area contributed by atoms with E-state index < -0.39 is 5.54 Å². The molecule has 0 bridgehead atoms. The van der Waals surface area contributed by atoms with Gasteiger partial charge in [0.25, 0.3) is 11.9 Å². The zero-order valence-electron chi connectivity index (χ0n) is 19.5. The van der Waals surface area contributed by atoms with Crippen molar-refractivity contribution in [2.45, 2.75) is 45.6 Å².